The van der Waals surface area contributed by atoms with Gasteiger partial charge < -0.3 is 9.55 Å². The van der Waals surface area contributed by atoms with Gasteiger partial charge in [-0.3, -0.25) is 9.55 Å². The molecule has 0 radical (unpaired) electrons. The van der Waals surface area contributed by atoms with Crippen LogP contribution in [0, 0.1) is 6.07 Å². The number of nitrogens with zero attached hydrogens (tertiary/aromatic N) is 6. The van der Waals surface area contributed by atoms with E-state index in [1.807, 2.05) is 42.9 Å². The molecule has 0 amide bonds. The van der Waals surface area contributed by atoms with Crippen LogP contribution < -0.4 is 4.98 Å². The van der Waals surface area contributed by atoms with E-state index in [1.165, 1.54) is 10.9 Å². The van der Waals surface area contributed by atoms with Gasteiger partial charge in [0.05, 0.1) is 11.0 Å². The Morgan fingerprint density at radius 2 is 1.40 bits per heavy atom. The number of pyridine rings is 2. The fraction of sp³-hybridized carbons (Fsp3) is 0.0784. The maximum absolute atomic E-state index is 5.54. The molecule has 0 unspecified atom stereocenters. The molecule has 11 rings (SSSR count). The van der Waals surface area contributed by atoms with Crippen LogP contribution in [0.3, 0.4) is 0 Å². The van der Waals surface area contributed by atoms with Gasteiger partial charge in [0.2, 0.25) is 0 Å². The van der Waals surface area contributed by atoms with Crippen molar-refractivity contribution in [3.63, 3.8) is 0 Å². The molecule has 0 bridgehead atoms. The van der Waals surface area contributed by atoms with E-state index in [2.05, 4.69) is 162 Å². The number of imidazole rings is 1. The molecule has 6 nitrogen and oxygen atoms in total. The van der Waals surface area contributed by atoms with E-state index in [-0.39, 0.29) is 26.5 Å². The van der Waals surface area contributed by atoms with Gasteiger partial charge in [-0.25, -0.2) is 9.97 Å². The predicted molar refractivity (Wildman–Crippen MR) is 233 cm³/mol. The van der Waals surface area contributed by atoms with Gasteiger partial charge in [-0.05, 0) is 98.4 Å². The number of fused-ring (bicyclic) bond motifs is 7. The molecule has 0 fully saturated rings. The van der Waals surface area contributed by atoms with E-state index < -0.39 is 0 Å². The van der Waals surface area contributed by atoms with Crippen molar-refractivity contribution in [3.8, 4) is 45.1 Å². The summed E-state index contributed by atoms with van der Waals surface area (Å²) in [5, 5.41) is 4.54. The maximum Gasteiger partial charge on any atom is 2.00 e. The third kappa shape index (κ3) is 5.70. The molecule has 0 aliphatic heterocycles. The third-order valence-corrected chi connectivity index (χ3v) is 11.2. The molecule has 0 spiro atoms. The van der Waals surface area contributed by atoms with E-state index in [4.69, 9.17) is 15.0 Å². The number of hydrogen-bond acceptors (Lipinski definition) is 3. The number of hydrogen-bond donors (Lipinski definition) is 0. The van der Waals surface area contributed by atoms with Crippen LogP contribution in [0.4, 0.5) is 0 Å². The van der Waals surface area contributed by atoms with Crippen LogP contribution in [0.25, 0.3) is 99.8 Å². The van der Waals surface area contributed by atoms with E-state index in [9.17, 15) is 0 Å². The molecule has 7 heteroatoms. The van der Waals surface area contributed by atoms with Crippen LogP contribution in [0.1, 0.15) is 26.3 Å². The van der Waals surface area contributed by atoms with Crippen molar-refractivity contribution in [2.45, 2.75) is 26.2 Å². The van der Waals surface area contributed by atoms with E-state index >= 15 is 0 Å². The van der Waals surface area contributed by atoms with Crippen molar-refractivity contribution < 1.29 is 21.1 Å². The Balaban J connectivity index is 0.00000408. The molecule has 0 N–H and O–H groups in total. The smallest absolute Gasteiger partial charge is 0.656 e. The Hall–Kier alpha value is -6.62. The molecule has 58 heavy (non-hydrogen) atoms. The van der Waals surface area contributed by atoms with Gasteiger partial charge in [-0.2, -0.15) is 0 Å². The molecular formula is C51H36N6Pt. The quantitative estimate of drug-likeness (QED) is 0.161. The van der Waals surface area contributed by atoms with Gasteiger partial charge in [0.1, 0.15) is 11.6 Å². The van der Waals surface area contributed by atoms with Crippen LogP contribution >= 0.6 is 0 Å². The first-order valence-corrected chi connectivity index (χ1v) is 19.3. The topological polar surface area (TPSA) is 62.6 Å². The predicted octanol–water partition coefficient (Wildman–Crippen LogP) is 12.3. The molecule has 5 aromatic heterocycles. The van der Waals surface area contributed by atoms with E-state index in [0.29, 0.717) is 0 Å². The fourth-order valence-corrected chi connectivity index (χ4v) is 8.38. The molecule has 0 aliphatic rings. The van der Waals surface area contributed by atoms with Crippen molar-refractivity contribution in [1.29, 1.82) is 0 Å². The molecule has 0 saturated heterocycles. The molecular weight excluding hydrogens is 892 g/mol. The second kappa shape index (κ2) is 13.8. The minimum Gasteiger partial charge on any atom is -0.656 e. The fourth-order valence-electron chi connectivity index (χ4n) is 8.38. The summed E-state index contributed by atoms with van der Waals surface area (Å²) in [4.78, 5) is 19.8. The minimum atomic E-state index is 0. The molecule has 5 heterocycles. The Morgan fingerprint density at radius 1 is 0.586 bits per heavy atom. The number of rotatable bonds is 5. The minimum absolute atomic E-state index is 0. The first-order chi connectivity index (χ1) is 27.9. The van der Waals surface area contributed by atoms with Crippen LogP contribution in [0.2, 0.25) is 0 Å². The van der Waals surface area contributed by atoms with Gasteiger partial charge in [0, 0.05) is 35.4 Å². The SMILES string of the molecule is CC(C)(C)c1ccc2c(c1)c1ccc(-c3cccc4c3nc(-c3cccc5c3[n-]c3ccc(-c6ccncc6)cc35)n4-c3ccccc3)[c-]c1n2-c1ccccn1.[Pt+2]. The van der Waals surface area contributed by atoms with Gasteiger partial charge in [-0.15, -0.1) is 34.8 Å². The normalized spacial score (nSPS) is 11.9. The summed E-state index contributed by atoms with van der Waals surface area (Å²) >= 11 is 0. The van der Waals surface area contributed by atoms with Gasteiger partial charge in [0.25, 0.3) is 0 Å². The van der Waals surface area contributed by atoms with Gasteiger partial charge >= 0.3 is 21.1 Å². The average Bonchev–Trinajstić information content (AvgIpc) is 3.93. The van der Waals surface area contributed by atoms with E-state index in [1.54, 1.807) is 0 Å². The summed E-state index contributed by atoms with van der Waals surface area (Å²) in [6.07, 6.45) is 5.52. The van der Waals surface area contributed by atoms with Crippen LogP contribution in [-0.2, 0) is 26.5 Å². The second-order valence-electron chi connectivity index (χ2n) is 15.7. The zero-order valence-electron chi connectivity index (χ0n) is 32.1. The first-order valence-electron chi connectivity index (χ1n) is 19.3. The van der Waals surface area contributed by atoms with E-state index in [0.717, 1.165) is 94.4 Å². The number of para-hydroxylation sites is 3. The zero-order valence-corrected chi connectivity index (χ0v) is 34.4. The summed E-state index contributed by atoms with van der Waals surface area (Å²) in [7, 11) is 0. The summed E-state index contributed by atoms with van der Waals surface area (Å²) in [6, 6.07) is 55.1. The molecule has 0 saturated carbocycles. The third-order valence-electron chi connectivity index (χ3n) is 11.2. The molecule has 0 atom stereocenters. The zero-order chi connectivity index (χ0) is 38.3. The molecule has 280 valence electrons. The molecule has 11 aromatic rings. The van der Waals surface area contributed by atoms with Crippen LogP contribution in [-0.4, -0.2) is 24.1 Å². The van der Waals surface area contributed by atoms with Crippen molar-refractivity contribution >= 4 is 54.6 Å². The molecule has 6 aromatic carbocycles. The Labute approximate surface area is 350 Å². The summed E-state index contributed by atoms with van der Waals surface area (Å²) in [5.74, 6) is 1.70. The monoisotopic (exact) mass is 927 g/mol. The average molecular weight is 928 g/mol. The number of aromatic nitrogens is 6. The largest absolute Gasteiger partial charge is 2.00 e. The summed E-state index contributed by atoms with van der Waals surface area (Å²) in [6.45, 7) is 6.78. The van der Waals surface area contributed by atoms with Crippen molar-refractivity contribution in [3.05, 3.63) is 176 Å². The standard InChI is InChI=1S/C51H36N6.Pt/c1-51(2,3)35-20-23-44-42(31-35)38-21-18-34(30-46(38)57(44)47-17-7-8-26-53-47)37-13-10-16-45-49(37)55-50(56(45)36-11-5-4-6-12-36)40-15-9-14-39-41-29-33(32-24-27-52-28-25-32)19-22-43(41)54-48(39)40;/h4-29,31H,1-3H3;/q-2;+2. The van der Waals surface area contributed by atoms with Gasteiger partial charge in [0.15, 0.2) is 0 Å². The number of benzene rings is 6. The first kappa shape index (κ1) is 35.8. The van der Waals surface area contributed by atoms with Crippen LogP contribution in [0.15, 0.2) is 164 Å². The van der Waals surface area contributed by atoms with Crippen LogP contribution in [0.5, 0.6) is 0 Å². The molecule has 0 aliphatic carbocycles. The Morgan fingerprint density at radius 3 is 2.21 bits per heavy atom. The summed E-state index contributed by atoms with van der Waals surface area (Å²) in [5.41, 5.74) is 13.4. The van der Waals surface area contributed by atoms with Crippen molar-refractivity contribution in [1.82, 2.24) is 29.1 Å². The Bertz CT molecular complexity index is 3320. The van der Waals surface area contributed by atoms with Gasteiger partial charge in [-0.1, -0.05) is 111 Å². The van der Waals surface area contributed by atoms with Crippen molar-refractivity contribution in [2.24, 2.45) is 0 Å². The summed E-state index contributed by atoms with van der Waals surface area (Å²) < 4.78 is 4.51. The second-order valence-corrected chi connectivity index (χ2v) is 15.7. The van der Waals surface area contributed by atoms with Crippen molar-refractivity contribution in [2.75, 3.05) is 0 Å². The Kier molecular flexibility index (Phi) is 8.50. The maximum atomic E-state index is 5.54.